The second-order valence-corrected chi connectivity index (χ2v) is 5.48. The molecule has 0 bridgehead atoms. The van der Waals surface area contributed by atoms with E-state index in [-0.39, 0.29) is 0 Å². The Morgan fingerprint density at radius 3 is 2.53 bits per heavy atom. The van der Waals surface area contributed by atoms with Gasteiger partial charge >= 0.3 is 7.52 Å². The van der Waals surface area contributed by atoms with Crippen molar-refractivity contribution in [2.24, 2.45) is 5.50 Å². The fraction of sp³-hybridized carbons (Fsp3) is 0.0909. The fourth-order valence-electron chi connectivity index (χ4n) is 1.47. The predicted molar refractivity (Wildman–Crippen MR) is 62.3 cm³/mol. The molecule has 2 N–H and O–H groups in total. The van der Waals surface area contributed by atoms with E-state index in [1.165, 1.54) is 6.66 Å². The normalized spacial score (nSPS) is 14.8. The predicted octanol–water partition coefficient (Wildman–Crippen LogP) is 3.00. The van der Waals surface area contributed by atoms with Gasteiger partial charge in [0.05, 0.1) is 0 Å². The van der Waals surface area contributed by atoms with Crippen molar-refractivity contribution >= 4 is 18.3 Å². The van der Waals surface area contributed by atoms with Crippen molar-refractivity contribution in [2.45, 2.75) is 0 Å². The first kappa shape index (κ1) is 10.2. The molecule has 0 aliphatic heterocycles. The molecule has 0 saturated heterocycles. The summed E-state index contributed by atoms with van der Waals surface area (Å²) in [6, 6.07) is 13.3. The van der Waals surface area contributed by atoms with Crippen molar-refractivity contribution < 1.29 is 9.09 Å². The number of hydrogen-bond donors (Lipinski definition) is 1. The zero-order valence-corrected chi connectivity index (χ0v) is 9.28. The smallest absolute Gasteiger partial charge is 0.311 e. The van der Waals surface area contributed by atoms with Crippen LogP contribution in [0, 0.1) is 0 Å². The van der Waals surface area contributed by atoms with Crippen LogP contribution in [0.1, 0.15) is 0 Å². The quantitative estimate of drug-likeness (QED) is 0.793. The summed E-state index contributed by atoms with van der Waals surface area (Å²) in [5, 5.41) is 1.97. The van der Waals surface area contributed by atoms with E-state index in [0.29, 0.717) is 5.75 Å². The summed E-state index contributed by atoms with van der Waals surface area (Å²) < 4.78 is 16.6. The maximum absolute atomic E-state index is 11.4. The molecule has 1 atom stereocenters. The first-order chi connectivity index (χ1) is 7.06. The van der Waals surface area contributed by atoms with Crippen LogP contribution in [0.15, 0.2) is 42.5 Å². The van der Waals surface area contributed by atoms with Crippen LogP contribution < -0.4 is 10.0 Å². The largest absolute Gasteiger partial charge is 0.432 e. The van der Waals surface area contributed by atoms with Gasteiger partial charge in [-0.05, 0) is 11.5 Å². The van der Waals surface area contributed by atoms with E-state index < -0.39 is 7.52 Å². The summed E-state index contributed by atoms with van der Waals surface area (Å²) in [4.78, 5) is 0. The lowest BCUT2D eigenvalue weighted by Crippen LogP contribution is -2.00. The SMILES string of the molecule is CP(N)(=O)Oc1cccc2ccccc12. The van der Waals surface area contributed by atoms with Gasteiger partial charge in [-0.3, -0.25) is 4.57 Å². The summed E-state index contributed by atoms with van der Waals surface area (Å²) in [7, 11) is -2.99. The topological polar surface area (TPSA) is 52.3 Å². The molecule has 0 radical (unpaired) electrons. The highest BCUT2D eigenvalue weighted by molar-refractivity contribution is 7.56. The van der Waals surface area contributed by atoms with Gasteiger partial charge in [-0.2, -0.15) is 0 Å². The molecule has 1 unspecified atom stereocenters. The van der Waals surface area contributed by atoms with Gasteiger partial charge in [0.25, 0.3) is 0 Å². The highest BCUT2D eigenvalue weighted by atomic mass is 31.2. The minimum Gasteiger partial charge on any atom is -0.432 e. The average molecular weight is 221 g/mol. The average Bonchev–Trinajstić information content (AvgIpc) is 2.16. The molecule has 78 valence electrons. The minimum atomic E-state index is -2.99. The number of hydrogen-bond acceptors (Lipinski definition) is 2. The van der Waals surface area contributed by atoms with E-state index in [9.17, 15) is 4.57 Å². The van der Waals surface area contributed by atoms with Crippen molar-refractivity contribution in [3.8, 4) is 5.75 Å². The Bertz CT molecular complexity index is 528. The lowest BCUT2D eigenvalue weighted by molar-refractivity contribution is 0.492. The molecule has 2 aromatic carbocycles. The van der Waals surface area contributed by atoms with E-state index in [4.69, 9.17) is 10.0 Å². The first-order valence-corrected chi connectivity index (χ1v) is 6.74. The lowest BCUT2D eigenvalue weighted by Gasteiger charge is -2.11. The Labute approximate surface area is 88.4 Å². The number of nitrogens with two attached hydrogens (primary N) is 1. The Kier molecular flexibility index (Phi) is 2.51. The summed E-state index contributed by atoms with van der Waals surface area (Å²) in [5.74, 6) is 0.571. The summed E-state index contributed by atoms with van der Waals surface area (Å²) in [6.45, 7) is 1.40. The van der Waals surface area contributed by atoms with Crippen LogP contribution >= 0.6 is 7.52 Å². The van der Waals surface area contributed by atoms with Crippen molar-refractivity contribution in [3.63, 3.8) is 0 Å². The molecular weight excluding hydrogens is 209 g/mol. The van der Waals surface area contributed by atoms with E-state index in [2.05, 4.69) is 0 Å². The van der Waals surface area contributed by atoms with Gasteiger partial charge in [0.1, 0.15) is 5.75 Å². The van der Waals surface area contributed by atoms with Crippen molar-refractivity contribution in [3.05, 3.63) is 42.5 Å². The standard InChI is InChI=1S/C11H12NO2P/c1-15(12,13)14-11-8-4-6-9-5-2-3-7-10(9)11/h2-8H,1H3,(H2,12,13). The Morgan fingerprint density at radius 2 is 1.80 bits per heavy atom. The molecule has 0 spiro atoms. The van der Waals surface area contributed by atoms with Gasteiger partial charge in [0.15, 0.2) is 0 Å². The Balaban J connectivity index is 2.56. The molecule has 0 saturated carbocycles. The Morgan fingerprint density at radius 1 is 1.13 bits per heavy atom. The summed E-state index contributed by atoms with van der Waals surface area (Å²) in [5.41, 5.74) is 5.39. The van der Waals surface area contributed by atoms with Crippen LogP contribution in [-0.2, 0) is 4.57 Å². The monoisotopic (exact) mass is 221 g/mol. The zero-order valence-electron chi connectivity index (χ0n) is 8.38. The fourth-order valence-corrected chi connectivity index (χ4v) is 2.02. The third-order valence-electron chi connectivity index (χ3n) is 2.03. The van der Waals surface area contributed by atoms with Gasteiger partial charge < -0.3 is 4.52 Å². The van der Waals surface area contributed by atoms with E-state index >= 15 is 0 Å². The molecular formula is C11H12NO2P. The summed E-state index contributed by atoms with van der Waals surface area (Å²) >= 11 is 0. The number of benzene rings is 2. The third kappa shape index (κ3) is 2.38. The van der Waals surface area contributed by atoms with Crippen LogP contribution in [0.25, 0.3) is 10.8 Å². The number of rotatable bonds is 2. The minimum absolute atomic E-state index is 0.571. The molecule has 3 nitrogen and oxygen atoms in total. The molecule has 0 aliphatic rings. The maximum atomic E-state index is 11.4. The first-order valence-electron chi connectivity index (χ1n) is 4.60. The lowest BCUT2D eigenvalue weighted by atomic mass is 10.1. The van der Waals surface area contributed by atoms with Gasteiger partial charge in [0.2, 0.25) is 0 Å². The molecule has 2 aromatic rings. The van der Waals surface area contributed by atoms with Gasteiger partial charge in [-0.15, -0.1) is 0 Å². The van der Waals surface area contributed by atoms with Crippen LogP contribution in [-0.4, -0.2) is 6.66 Å². The molecule has 0 amide bonds. The van der Waals surface area contributed by atoms with E-state index in [1.54, 1.807) is 6.07 Å². The summed E-state index contributed by atoms with van der Waals surface area (Å²) in [6.07, 6.45) is 0. The van der Waals surface area contributed by atoms with Crippen LogP contribution in [0.2, 0.25) is 0 Å². The van der Waals surface area contributed by atoms with Crippen LogP contribution in [0.4, 0.5) is 0 Å². The van der Waals surface area contributed by atoms with Crippen molar-refractivity contribution in [1.29, 1.82) is 0 Å². The van der Waals surface area contributed by atoms with Gasteiger partial charge in [0, 0.05) is 12.1 Å². The second kappa shape index (κ2) is 3.69. The Hall–Kier alpha value is -1.31. The molecule has 0 aromatic heterocycles. The van der Waals surface area contributed by atoms with Crippen molar-refractivity contribution in [2.75, 3.05) is 6.66 Å². The number of fused-ring (bicyclic) bond motifs is 1. The molecule has 4 heteroatoms. The van der Waals surface area contributed by atoms with Crippen LogP contribution in [0.3, 0.4) is 0 Å². The molecule has 2 rings (SSSR count). The van der Waals surface area contributed by atoms with Gasteiger partial charge in [-0.1, -0.05) is 36.4 Å². The zero-order chi connectivity index (χ0) is 10.9. The highest BCUT2D eigenvalue weighted by Crippen LogP contribution is 2.37. The van der Waals surface area contributed by atoms with E-state index in [1.807, 2.05) is 36.4 Å². The van der Waals surface area contributed by atoms with E-state index in [0.717, 1.165) is 10.8 Å². The second-order valence-electron chi connectivity index (χ2n) is 3.48. The van der Waals surface area contributed by atoms with Crippen molar-refractivity contribution in [1.82, 2.24) is 0 Å². The molecule has 0 aliphatic carbocycles. The highest BCUT2D eigenvalue weighted by Gasteiger charge is 2.11. The molecule has 0 heterocycles. The maximum Gasteiger partial charge on any atom is 0.311 e. The molecule has 0 fully saturated rings. The van der Waals surface area contributed by atoms with Gasteiger partial charge in [-0.25, -0.2) is 5.50 Å². The third-order valence-corrected chi connectivity index (χ3v) is 2.59. The molecule has 15 heavy (non-hydrogen) atoms. The van der Waals surface area contributed by atoms with Crippen LogP contribution in [0.5, 0.6) is 5.75 Å².